The predicted molar refractivity (Wildman–Crippen MR) is 83.8 cm³/mol. The molecule has 0 spiro atoms. The Hall–Kier alpha value is 0.1000. The third-order valence-electron chi connectivity index (χ3n) is 3.36. The molecule has 1 aliphatic rings. The highest BCUT2D eigenvalue weighted by molar-refractivity contribution is 9.11. The van der Waals surface area contributed by atoms with Crippen molar-refractivity contribution in [3.05, 3.63) is 32.7 Å². The number of nitrogens with one attached hydrogen (secondary N) is 1. The van der Waals surface area contributed by atoms with Crippen molar-refractivity contribution in [2.75, 3.05) is 26.2 Å². The summed E-state index contributed by atoms with van der Waals surface area (Å²) in [6.07, 6.45) is 4.02. The summed E-state index contributed by atoms with van der Waals surface area (Å²) in [5, 5.41) is 3.51. The van der Waals surface area contributed by atoms with Crippen LogP contribution in [0.5, 0.6) is 0 Å². The molecule has 0 amide bonds. The zero-order valence-electron chi connectivity index (χ0n) is 10.6. The van der Waals surface area contributed by atoms with Gasteiger partial charge in [-0.05, 0) is 63.1 Å². The summed E-state index contributed by atoms with van der Waals surface area (Å²) >= 11 is 7.06. The summed E-state index contributed by atoms with van der Waals surface area (Å²) < 4.78 is 2.29. The third kappa shape index (κ3) is 4.65. The maximum absolute atomic E-state index is 3.59. The van der Waals surface area contributed by atoms with Gasteiger partial charge >= 0.3 is 0 Å². The lowest BCUT2D eigenvalue weighted by molar-refractivity contribution is 0.331. The molecule has 0 atom stereocenters. The topological polar surface area (TPSA) is 15.3 Å². The molecular formula is C14H20Br2N2. The standard InChI is InChI=1S/C14H20Br2N2/c15-13-5-4-12(14(16)10-13)11-17-6-3-9-18-7-1-2-8-18/h4-5,10,17H,1-3,6-9,11H2. The van der Waals surface area contributed by atoms with E-state index in [0.717, 1.165) is 17.6 Å². The number of likely N-dealkylation sites (tertiary alicyclic amines) is 1. The minimum Gasteiger partial charge on any atom is -0.313 e. The van der Waals surface area contributed by atoms with Crippen LogP contribution in [0.25, 0.3) is 0 Å². The fourth-order valence-corrected chi connectivity index (χ4v) is 3.51. The first kappa shape index (κ1) is 14.5. The molecule has 1 N–H and O–H groups in total. The van der Waals surface area contributed by atoms with Gasteiger partial charge in [-0.25, -0.2) is 0 Å². The second-order valence-corrected chi connectivity index (χ2v) is 6.58. The SMILES string of the molecule is Brc1ccc(CNCCCN2CCCC2)c(Br)c1. The minimum absolute atomic E-state index is 0.938. The largest absolute Gasteiger partial charge is 0.313 e. The highest BCUT2D eigenvalue weighted by Crippen LogP contribution is 2.21. The first-order valence-electron chi connectivity index (χ1n) is 6.63. The Morgan fingerprint density at radius 1 is 1.17 bits per heavy atom. The molecular weight excluding hydrogens is 356 g/mol. The molecule has 1 aromatic rings. The van der Waals surface area contributed by atoms with Crippen molar-refractivity contribution < 1.29 is 0 Å². The van der Waals surface area contributed by atoms with Gasteiger partial charge in [-0.3, -0.25) is 0 Å². The van der Waals surface area contributed by atoms with E-state index in [1.165, 1.54) is 48.9 Å². The van der Waals surface area contributed by atoms with E-state index in [0.29, 0.717) is 0 Å². The van der Waals surface area contributed by atoms with Crippen LogP contribution in [0.4, 0.5) is 0 Å². The van der Waals surface area contributed by atoms with Crippen LogP contribution in [0.2, 0.25) is 0 Å². The van der Waals surface area contributed by atoms with Gasteiger partial charge in [-0.2, -0.15) is 0 Å². The molecule has 2 nitrogen and oxygen atoms in total. The summed E-state index contributed by atoms with van der Waals surface area (Å²) in [5.74, 6) is 0. The quantitative estimate of drug-likeness (QED) is 0.761. The summed E-state index contributed by atoms with van der Waals surface area (Å²) in [5.41, 5.74) is 1.32. The third-order valence-corrected chi connectivity index (χ3v) is 4.59. The zero-order chi connectivity index (χ0) is 12.8. The Bertz CT molecular complexity index is 376. The van der Waals surface area contributed by atoms with Crippen molar-refractivity contribution in [1.29, 1.82) is 0 Å². The van der Waals surface area contributed by atoms with E-state index in [9.17, 15) is 0 Å². The van der Waals surface area contributed by atoms with Gasteiger partial charge in [-0.15, -0.1) is 0 Å². The average Bonchev–Trinajstić information content (AvgIpc) is 2.84. The van der Waals surface area contributed by atoms with Crippen LogP contribution in [-0.4, -0.2) is 31.1 Å². The molecule has 1 aromatic carbocycles. The molecule has 4 heteroatoms. The van der Waals surface area contributed by atoms with Crippen LogP contribution < -0.4 is 5.32 Å². The lowest BCUT2D eigenvalue weighted by Crippen LogP contribution is -2.24. The second kappa shape index (κ2) is 7.63. The van der Waals surface area contributed by atoms with Gasteiger partial charge in [0, 0.05) is 15.5 Å². The maximum atomic E-state index is 3.59. The molecule has 100 valence electrons. The van der Waals surface area contributed by atoms with Gasteiger partial charge < -0.3 is 10.2 Å². The summed E-state index contributed by atoms with van der Waals surface area (Å²) in [4.78, 5) is 2.57. The lowest BCUT2D eigenvalue weighted by Gasteiger charge is -2.14. The van der Waals surface area contributed by atoms with Crippen LogP contribution in [0, 0.1) is 0 Å². The van der Waals surface area contributed by atoms with Gasteiger partial charge in [0.2, 0.25) is 0 Å². The Morgan fingerprint density at radius 3 is 2.67 bits per heavy atom. The zero-order valence-corrected chi connectivity index (χ0v) is 13.8. The number of hydrogen-bond acceptors (Lipinski definition) is 2. The Kier molecular flexibility index (Phi) is 6.15. The minimum atomic E-state index is 0.938. The van der Waals surface area contributed by atoms with E-state index in [-0.39, 0.29) is 0 Å². The number of halogens is 2. The van der Waals surface area contributed by atoms with Gasteiger partial charge in [-0.1, -0.05) is 37.9 Å². The van der Waals surface area contributed by atoms with E-state index in [1.54, 1.807) is 0 Å². The molecule has 0 saturated carbocycles. The number of hydrogen-bond donors (Lipinski definition) is 1. The fourth-order valence-electron chi connectivity index (χ4n) is 2.32. The average molecular weight is 376 g/mol. The van der Waals surface area contributed by atoms with Crippen molar-refractivity contribution in [3.8, 4) is 0 Å². The Labute approximate surface area is 126 Å². The molecule has 0 radical (unpaired) electrons. The molecule has 0 aliphatic carbocycles. The molecule has 0 aromatic heterocycles. The van der Waals surface area contributed by atoms with Crippen LogP contribution >= 0.6 is 31.9 Å². The Morgan fingerprint density at radius 2 is 1.94 bits per heavy atom. The van der Waals surface area contributed by atoms with Crippen molar-refractivity contribution in [3.63, 3.8) is 0 Å². The molecule has 1 saturated heterocycles. The molecule has 0 bridgehead atoms. The van der Waals surface area contributed by atoms with Gasteiger partial charge in [0.05, 0.1) is 0 Å². The van der Waals surface area contributed by atoms with E-state index in [4.69, 9.17) is 0 Å². The van der Waals surface area contributed by atoms with E-state index in [1.807, 2.05) is 0 Å². The predicted octanol–water partition coefficient (Wildman–Crippen LogP) is 3.79. The van der Waals surface area contributed by atoms with Crippen molar-refractivity contribution in [2.24, 2.45) is 0 Å². The first-order chi connectivity index (χ1) is 8.75. The van der Waals surface area contributed by atoms with Gasteiger partial charge in [0.15, 0.2) is 0 Å². The molecule has 1 heterocycles. The van der Waals surface area contributed by atoms with Crippen LogP contribution in [0.15, 0.2) is 27.1 Å². The maximum Gasteiger partial charge on any atom is 0.0231 e. The van der Waals surface area contributed by atoms with Gasteiger partial charge in [0.25, 0.3) is 0 Å². The lowest BCUT2D eigenvalue weighted by atomic mass is 10.2. The molecule has 18 heavy (non-hydrogen) atoms. The van der Waals surface area contributed by atoms with E-state index in [2.05, 4.69) is 60.3 Å². The Balaban J connectivity index is 1.62. The van der Waals surface area contributed by atoms with Crippen molar-refractivity contribution >= 4 is 31.9 Å². The normalized spacial score (nSPS) is 16.3. The smallest absolute Gasteiger partial charge is 0.0231 e. The van der Waals surface area contributed by atoms with Crippen LogP contribution in [0.1, 0.15) is 24.8 Å². The summed E-state index contributed by atoms with van der Waals surface area (Å²) in [6.45, 7) is 5.89. The number of rotatable bonds is 6. The highest BCUT2D eigenvalue weighted by atomic mass is 79.9. The fraction of sp³-hybridized carbons (Fsp3) is 0.571. The number of nitrogens with zero attached hydrogens (tertiary/aromatic N) is 1. The van der Waals surface area contributed by atoms with Gasteiger partial charge in [0.1, 0.15) is 0 Å². The molecule has 0 unspecified atom stereocenters. The molecule has 2 rings (SSSR count). The van der Waals surface area contributed by atoms with Crippen molar-refractivity contribution in [2.45, 2.75) is 25.8 Å². The second-order valence-electron chi connectivity index (χ2n) is 4.81. The highest BCUT2D eigenvalue weighted by Gasteiger charge is 2.09. The van der Waals surface area contributed by atoms with Crippen LogP contribution in [-0.2, 0) is 6.54 Å². The summed E-state index contributed by atoms with van der Waals surface area (Å²) in [7, 11) is 0. The van der Waals surface area contributed by atoms with E-state index >= 15 is 0 Å². The number of benzene rings is 1. The summed E-state index contributed by atoms with van der Waals surface area (Å²) in [6, 6.07) is 6.34. The molecule has 1 fully saturated rings. The van der Waals surface area contributed by atoms with Crippen molar-refractivity contribution in [1.82, 2.24) is 10.2 Å². The molecule has 1 aliphatic heterocycles. The first-order valence-corrected chi connectivity index (χ1v) is 8.21. The van der Waals surface area contributed by atoms with Crippen LogP contribution in [0.3, 0.4) is 0 Å². The van der Waals surface area contributed by atoms with E-state index < -0.39 is 0 Å². The monoisotopic (exact) mass is 374 g/mol.